The van der Waals surface area contributed by atoms with Crippen LogP contribution in [-0.2, 0) is 0 Å². The van der Waals surface area contributed by atoms with Crippen LogP contribution >= 0.6 is 0 Å². The molecule has 2 aliphatic rings. The van der Waals surface area contributed by atoms with Gasteiger partial charge in [-0.1, -0.05) is 13.8 Å². The van der Waals surface area contributed by atoms with E-state index in [0.29, 0.717) is 6.04 Å². The van der Waals surface area contributed by atoms with Gasteiger partial charge in [-0.2, -0.15) is 0 Å². The van der Waals surface area contributed by atoms with Crippen molar-refractivity contribution in [3.63, 3.8) is 0 Å². The molecular weight excluding hydrogens is 208 g/mol. The molecule has 0 radical (unpaired) electrons. The van der Waals surface area contributed by atoms with Crippen LogP contribution in [-0.4, -0.2) is 36.6 Å². The molecule has 0 spiro atoms. The molecule has 0 aromatic carbocycles. The Morgan fingerprint density at radius 2 is 1.71 bits per heavy atom. The average Bonchev–Trinajstić information content (AvgIpc) is 2.64. The lowest BCUT2D eigenvalue weighted by atomic mass is 9.89. The molecular formula is C15H30N2. The summed E-state index contributed by atoms with van der Waals surface area (Å²) >= 11 is 0. The highest BCUT2D eigenvalue weighted by Gasteiger charge is 2.33. The summed E-state index contributed by atoms with van der Waals surface area (Å²) in [5.41, 5.74) is 0. The van der Waals surface area contributed by atoms with Crippen molar-refractivity contribution in [2.24, 2.45) is 11.8 Å². The number of piperidine rings is 1. The van der Waals surface area contributed by atoms with E-state index in [1.54, 1.807) is 0 Å². The van der Waals surface area contributed by atoms with Crippen molar-refractivity contribution in [1.82, 2.24) is 10.2 Å². The van der Waals surface area contributed by atoms with Crippen molar-refractivity contribution in [2.45, 2.75) is 71.0 Å². The first-order valence-corrected chi connectivity index (χ1v) is 7.52. The Labute approximate surface area is 107 Å². The van der Waals surface area contributed by atoms with Gasteiger partial charge in [0.1, 0.15) is 0 Å². The molecule has 100 valence electrons. The van der Waals surface area contributed by atoms with Gasteiger partial charge in [0.25, 0.3) is 0 Å². The van der Waals surface area contributed by atoms with E-state index in [0.717, 1.165) is 23.9 Å². The Morgan fingerprint density at radius 3 is 2.24 bits per heavy atom. The Balaban J connectivity index is 1.71. The van der Waals surface area contributed by atoms with Crippen LogP contribution in [0.5, 0.6) is 0 Å². The highest BCUT2D eigenvalue weighted by atomic mass is 15.1. The van der Waals surface area contributed by atoms with Crippen molar-refractivity contribution in [1.29, 1.82) is 0 Å². The molecule has 0 aliphatic carbocycles. The van der Waals surface area contributed by atoms with Crippen LogP contribution in [0.25, 0.3) is 0 Å². The quantitative estimate of drug-likeness (QED) is 0.792. The molecule has 2 rings (SSSR count). The van der Waals surface area contributed by atoms with Crippen molar-refractivity contribution in [3.05, 3.63) is 0 Å². The van der Waals surface area contributed by atoms with E-state index >= 15 is 0 Å². The first-order chi connectivity index (χ1) is 8.06. The third kappa shape index (κ3) is 3.45. The van der Waals surface area contributed by atoms with E-state index in [1.807, 2.05) is 0 Å². The van der Waals surface area contributed by atoms with Gasteiger partial charge in [0, 0.05) is 18.1 Å². The Kier molecular flexibility index (Phi) is 4.48. The molecule has 17 heavy (non-hydrogen) atoms. The minimum atomic E-state index is 0.716. The van der Waals surface area contributed by atoms with Crippen LogP contribution in [0.2, 0.25) is 0 Å². The Morgan fingerprint density at radius 1 is 1.12 bits per heavy atom. The largest absolute Gasteiger partial charge is 0.311 e. The van der Waals surface area contributed by atoms with Gasteiger partial charge in [0.05, 0.1) is 0 Å². The maximum absolute atomic E-state index is 3.74. The monoisotopic (exact) mass is 238 g/mol. The lowest BCUT2D eigenvalue weighted by Gasteiger charge is -2.33. The van der Waals surface area contributed by atoms with E-state index < -0.39 is 0 Å². The van der Waals surface area contributed by atoms with Gasteiger partial charge < -0.3 is 10.2 Å². The van der Waals surface area contributed by atoms with Crippen LogP contribution in [0.4, 0.5) is 0 Å². The molecule has 0 aromatic heterocycles. The molecule has 2 heterocycles. The predicted molar refractivity (Wildman–Crippen MR) is 74.2 cm³/mol. The number of nitrogens with zero attached hydrogens (tertiary/aromatic N) is 1. The van der Waals surface area contributed by atoms with E-state index in [2.05, 4.69) is 38.0 Å². The number of fused-ring (bicyclic) bond motifs is 2. The normalized spacial score (nSPS) is 34.6. The molecule has 2 saturated heterocycles. The molecule has 2 nitrogen and oxygen atoms in total. The highest BCUT2D eigenvalue weighted by Crippen LogP contribution is 2.32. The summed E-state index contributed by atoms with van der Waals surface area (Å²) in [6.07, 6.45) is 7.13. The minimum Gasteiger partial charge on any atom is -0.311 e. The van der Waals surface area contributed by atoms with Gasteiger partial charge in [0.2, 0.25) is 0 Å². The first-order valence-electron chi connectivity index (χ1n) is 7.52. The topological polar surface area (TPSA) is 15.3 Å². The van der Waals surface area contributed by atoms with Gasteiger partial charge in [-0.3, -0.25) is 0 Å². The molecule has 0 amide bonds. The highest BCUT2D eigenvalue weighted by molar-refractivity contribution is 4.92. The number of hydrogen-bond donors (Lipinski definition) is 1. The van der Waals surface area contributed by atoms with Gasteiger partial charge in [0.15, 0.2) is 0 Å². The summed E-state index contributed by atoms with van der Waals surface area (Å²) < 4.78 is 0. The van der Waals surface area contributed by atoms with Crippen molar-refractivity contribution in [3.8, 4) is 0 Å². The predicted octanol–water partition coefficient (Wildman–Crippen LogP) is 2.88. The van der Waals surface area contributed by atoms with Crippen molar-refractivity contribution < 1.29 is 0 Å². The van der Waals surface area contributed by atoms with Gasteiger partial charge in [-0.05, 0) is 64.5 Å². The fourth-order valence-corrected chi connectivity index (χ4v) is 3.51. The molecule has 2 fully saturated rings. The van der Waals surface area contributed by atoms with Crippen molar-refractivity contribution >= 4 is 0 Å². The summed E-state index contributed by atoms with van der Waals surface area (Å²) in [5, 5.41) is 3.74. The van der Waals surface area contributed by atoms with Gasteiger partial charge >= 0.3 is 0 Å². The van der Waals surface area contributed by atoms with Gasteiger partial charge in [-0.25, -0.2) is 0 Å². The smallest absolute Gasteiger partial charge is 0.00868 e. The summed E-state index contributed by atoms with van der Waals surface area (Å²) in [6, 6.07) is 2.42. The fraction of sp³-hybridized carbons (Fsp3) is 1.00. The second-order valence-electron chi connectivity index (χ2n) is 6.73. The lowest BCUT2D eigenvalue weighted by molar-refractivity contribution is 0.180. The summed E-state index contributed by atoms with van der Waals surface area (Å²) in [7, 11) is 2.29. The van der Waals surface area contributed by atoms with E-state index in [9.17, 15) is 0 Å². The first kappa shape index (κ1) is 13.4. The SMILES string of the molecule is CC(C)C(C)N(C)CCC1CC2CCC(C1)N2. The second kappa shape index (κ2) is 5.71. The zero-order chi connectivity index (χ0) is 12.4. The third-order valence-electron chi connectivity index (χ3n) is 5.12. The summed E-state index contributed by atoms with van der Waals surface area (Å²) in [6.45, 7) is 8.29. The lowest BCUT2D eigenvalue weighted by Crippen LogP contribution is -2.40. The van der Waals surface area contributed by atoms with Crippen LogP contribution in [0.1, 0.15) is 52.9 Å². The summed E-state index contributed by atoms with van der Waals surface area (Å²) in [5.74, 6) is 1.75. The van der Waals surface area contributed by atoms with Crippen LogP contribution in [0, 0.1) is 11.8 Å². The molecule has 3 unspecified atom stereocenters. The average molecular weight is 238 g/mol. The number of nitrogens with one attached hydrogen (secondary N) is 1. The molecule has 0 saturated carbocycles. The summed E-state index contributed by atoms with van der Waals surface area (Å²) in [4.78, 5) is 2.55. The Hall–Kier alpha value is -0.0800. The second-order valence-corrected chi connectivity index (χ2v) is 6.73. The van der Waals surface area contributed by atoms with E-state index in [1.165, 1.54) is 38.6 Å². The van der Waals surface area contributed by atoms with E-state index in [-0.39, 0.29) is 0 Å². The Bertz CT molecular complexity index is 227. The van der Waals surface area contributed by atoms with E-state index in [4.69, 9.17) is 0 Å². The molecule has 0 aromatic rings. The molecule has 1 N–H and O–H groups in total. The molecule has 2 aliphatic heterocycles. The standard InChI is InChI=1S/C15H30N2/c1-11(2)12(3)17(4)8-7-13-9-14-5-6-15(10-13)16-14/h11-16H,5-10H2,1-4H3. The minimum absolute atomic E-state index is 0.716. The number of hydrogen-bond acceptors (Lipinski definition) is 2. The number of rotatable bonds is 5. The zero-order valence-electron chi connectivity index (χ0n) is 12.1. The maximum Gasteiger partial charge on any atom is 0.00868 e. The maximum atomic E-state index is 3.74. The molecule has 2 heteroatoms. The van der Waals surface area contributed by atoms with Crippen LogP contribution in [0.3, 0.4) is 0 Å². The van der Waals surface area contributed by atoms with Crippen LogP contribution < -0.4 is 5.32 Å². The third-order valence-corrected chi connectivity index (χ3v) is 5.12. The molecule has 2 bridgehead atoms. The van der Waals surface area contributed by atoms with Crippen molar-refractivity contribution in [2.75, 3.05) is 13.6 Å². The zero-order valence-corrected chi connectivity index (χ0v) is 12.1. The fourth-order valence-electron chi connectivity index (χ4n) is 3.51. The van der Waals surface area contributed by atoms with Crippen LogP contribution in [0.15, 0.2) is 0 Å². The molecule has 3 atom stereocenters. The van der Waals surface area contributed by atoms with Gasteiger partial charge in [-0.15, -0.1) is 0 Å².